The lowest BCUT2D eigenvalue weighted by Crippen LogP contribution is -2.25. The summed E-state index contributed by atoms with van der Waals surface area (Å²) >= 11 is 0. The third-order valence-electron chi connectivity index (χ3n) is 9.09. The molecule has 0 nitrogen and oxygen atoms in total. The molecular formula is C35H37F3. The Balaban J connectivity index is 1.24. The summed E-state index contributed by atoms with van der Waals surface area (Å²) in [5.74, 6) is 0.850. The Morgan fingerprint density at radius 3 is 1.82 bits per heavy atom. The fourth-order valence-electron chi connectivity index (χ4n) is 6.75. The molecule has 3 heteroatoms. The molecule has 38 heavy (non-hydrogen) atoms. The molecule has 0 saturated heterocycles. The predicted octanol–water partition coefficient (Wildman–Crippen LogP) is 10.4. The molecular weight excluding hydrogens is 477 g/mol. The van der Waals surface area contributed by atoms with Crippen LogP contribution in [0.4, 0.5) is 13.2 Å². The Morgan fingerprint density at radius 1 is 0.658 bits per heavy atom. The van der Waals surface area contributed by atoms with E-state index in [1.54, 1.807) is 48.5 Å². The van der Waals surface area contributed by atoms with Gasteiger partial charge in [-0.25, -0.2) is 13.2 Å². The fourth-order valence-corrected chi connectivity index (χ4v) is 6.75. The van der Waals surface area contributed by atoms with Crippen LogP contribution in [-0.2, 0) is 6.42 Å². The molecule has 3 aromatic rings. The van der Waals surface area contributed by atoms with E-state index >= 15 is 4.39 Å². The van der Waals surface area contributed by atoms with E-state index < -0.39 is 11.6 Å². The third-order valence-corrected chi connectivity index (χ3v) is 9.09. The molecule has 3 aromatic carbocycles. The maximum atomic E-state index is 15.3. The van der Waals surface area contributed by atoms with E-state index in [2.05, 4.69) is 25.3 Å². The van der Waals surface area contributed by atoms with Gasteiger partial charge in [-0.15, -0.1) is 13.2 Å². The topological polar surface area (TPSA) is 0 Å². The van der Waals surface area contributed by atoms with Crippen molar-refractivity contribution in [2.24, 2.45) is 17.8 Å². The van der Waals surface area contributed by atoms with E-state index in [-0.39, 0.29) is 23.4 Å². The van der Waals surface area contributed by atoms with E-state index in [4.69, 9.17) is 0 Å². The number of hydrogen-bond donors (Lipinski definition) is 0. The lowest BCUT2D eigenvalue weighted by Gasteiger charge is -2.37. The van der Waals surface area contributed by atoms with Crippen LogP contribution in [0.5, 0.6) is 0 Å². The van der Waals surface area contributed by atoms with Crippen molar-refractivity contribution in [2.45, 2.75) is 63.7 Å². The van der Waals surface area contributed by atoms with Crippen LogP contribution in [0.15, 0.2) is 79.9 Å². The molecule has 0 heterocycles. The maximum Gasteiger partial charge on any atom is 0.166 e. The van der Waals surface area contributed by atoms with E-state index in [0.717, 1.165) is 35.8 Å². The Hall–Kier alpha value is -3.07. The van der Waals surface area contributed by atoms with Crippen LogP contribution in [0, 0.1) is 35.2 Å². The van der Waals surface area contributed by atoms with Gasteiger partial charge in [0, 0.05) is 11.1 Å². The second kappa shape index (κ2) is 11.8. The van der Waals surface area contributed by atoms with Crippen molar-refractivity contribution >= 4 is 0 Å². The summed E-state index contributed by atoms with van der Waals surface area (Å²) in [6, 6.07) is 15.8. The van der Waals surface area contributed by atoms with Crippen molar-refractivity contribution in [3.05, 3.63) is 108 Å². The predicted molar refractivity (Wildman–Crippen MR) is 151 cm³/mol. The molecule has 0 spiro atoms. The van der Waals surface area contributed by atoms with Crippen LogP contribution >= 0.6 is 0 Å². The molecule has 0 bridgehead atoms. The normalized spacial score (nSPS) is 23.7. The second-order valence-electron chi connectivity index (χ2n) is 11.2. The minimum Gasteiger partial charge on any atom is -0.206 e. The SMILES string of the molecule is C=CCc1ccc(-c2ccc(-c3ccc(C4CCC(C5CCC(C=C)CC5)CC4)cc3F)cc2)c(F)c1F. The van der Waals surface area contributed by atoms with Crippen molar-refractivity contribution < 1.29 is 13.2 Å². The van der Waals surface area contributed by atoms with Crippen molar-refractivity contribution in [1.29, 1.82) is 0 Å². The van der Waals surface area contributed by atoms with Crippen LogP contribution < -0.4 is 0 Å². The molecule has 0 radical (unpaired) electrons. The minimum absolute atomic E-state index is 0.196. The third kappa shape index (κ3) is 5.53. The second-order valence-corrected chi connectivity index (χ2v) is 11.2. The largest absolute Gasteiger partial charge is 0.206 e. The molecule has 0 amide bonds. The first-order valence-electron chi connectivity index (χ1n) is 14.1. The van der Waals surface area contributed by atoms with E-state index in [0.29, 0.717) is 23.0 Å². The molecule has 2 saturated carbocycles. The lowest BCUT2D eigenvalue weighted by molar-refractivity contribution is 0.171. The summed E-state index contributed by atoms with van der Waals surface area (Å²) < 4.78 is 44.3. The van der Waals surface area contributed by atoms with Gasteiger partial charge in [0.1, 0.15) is 5.82 Å². The minimum atomic E-state index is -0.869. The molecule has 2 aliphatic carbocycles. The van der Waals surface area contributed by atoms with Crippen LogP contribution in [0.2, 0.25) is 0 Å². The average molecular weight is 515 g/mol. The monoisotopic (exact) mass is 514 g/mol. The summed E-state index contributed by atoms with van der Waals surface area (Å²) in [6.45, 7) is 7.56. The zero-order valence-electron chi connectivity index (χ0n) is 22.1. The fraction of sp³-hybridized carbons (Fsp3) is 0.371. The molecule has 2 aliphatic rings. The van der Waals surface area contributed by atoms with Crippen molar-refractivity contribution in [3.63, 3.8) is 0 Å². The number of rotatable bonds is 7. The molecule has 0 N–H and O–H groups in total. The molecule has 0 unspecified atom stereocenters. The van der Waals surface area contributed by atoms with Crippen molar-refractivity contribution in [1.82, 2.24) is 0 Å². The van der Waals surface area contributed by atoms with Gasteiger partial charge >= 0.3 is 0 Å². The van der Waals surface area contributed by atoms with Gasteiger partial charge in [0.05, 0.1) is 0 Å². The molecule has 5 rings (SSSR count). The highest BCUT2D eigenvalue weighted by Gasteiger charge is 2.31. The number of halogens is 3. The maximum absolute atomic E-state index is 15.3. The first kappa shape index (κ1) is 26.5. The van der Waals surface area contributed by atoms with Crippen molar-refractivity contribution in [2.75, 3.05) is 0 Å². The summed E-state index contributed by atoms with van der Waals surface area (Å²) in [5, 5.41) is 0. The molecule has 0 atom stereocenters. The van der Waals surface area contributed by atoms with Gasteiger partial charge in [-0.05, 0) is 110 Å². The van der Waals surface area contributed by atoms with Gasteiger partial charge in [-0.2, -0.15) is 0 Å². The summed E-state index contributed by atoms with van der Waals surface area (Å²) in [6.07, 6.45) is 13.9. The first-order chi connectivity index (χ1) is 18.5. The highest BCUT2D eigenvalue weighted by atomic mass is 19.2. The highest BCUT2D eigenvalue weighted by molar-refractivity contribution is 5.71. The number of benzene rings is 3. The van der Waals surface area contributed by atoms with Crippen LogP contribution in [0.1, 0.15) is 68.4 Å². The summed E-state index contributed by atoms with van der Waals surface area (Å²) in [5.41, 5.74) is 3.38. The Bertz CT molecular complexity index is 1270. The van der Waals surface area contributed by atoms with Crippen molar-refractivity contribution in [3.8, 4) is 22.3 Å². The van der Waals surface area contributed by atoms with E-state index in [9.17, 15) is 8.78 Å². The quantitative estimate of drug-likeness (QED) is 0.275. The zero-order chi connectivity index (χ0) is 26.6. The highest BCUT2D eigenvalue weighted by Crippen LogP contribution is 2.44. The molecule has 0 aromatic heterocycles. The number of hydrogen-bond acceptors (Lipinski definition) is 0. The van der Waals surface area contributed by atoms with E-state index in [1.807, 2.05) is 6.07 Å². The number of allylic oxidation sites excluding steroid dienone is 2. The summed E-state index contributed by atoms with van der Waals surface area (Å²) in [7, 11) is 0. The average Bonchev–Trinajstić information content (AvgIpc) is 2.96. The van der Waals surface area contributed by atoms with Gasteiger partial charge in [-0.3, -0.25) is 0 Å². The van der Waals surface area contributed by atoms with Crippen LogP contribution in [0.25, 0.3) is 22.3 Å². The van der Waals surface area contributed by atoms with Gasteiger partial charge in [0.25, 0.3) is 0 Å². The van der Waals surface area contributed by atoms with Gasteiger partial charge in [0.15, 0.2) is 11.6 Å². The van der Waals surface area contributed by atoms with Gasteiger partial charge in [-0.1, -0.05) is 60.7 Å². The molecule has 198 valence electrons. The smallest absolute Gasteiger partial charge is 0.166 e. The Labute approximate surface area is 225 Å². The Morgan fingerprint density at radius 2 is 1.24 bits per heavy atom. The summed E-state index contributed by atoms with van der Waals surface area (Å²) in [4.78, 5) is 0. The molecule has 0 aliphatic heterocycles. The van der Waals surface area contributed by atoms with Crippen LogP contribution in [-0.4, -0.2) is 0 Å². The lowest BCUT2D eigenvalue weighted by atomic mass is 9.68. The van der Waals surface area contributed by atoms with Gasteiger partial charge < -0.3 is 0 Å². The Kier molecular flexibility index (Phi) is 8.21. The standard InChI is InChI=1S/C35H37F3/c1-3-5-29-18-21-32(35(38)34(29)37)28-16-14-27(15-17-28)31-20-19-30(22-33(31)36)26-12-10-25(11-13-26)24-8-6-23(4-2)7-9-24/h3-4,14-26H,1-2,5-13H2. The van der Waals surface area contributed by atoms with Crippen LogP contribution in [0.3, 0.4) is 0 Å². The zero-order valence-corrected chi connectivity index (χ0v) is 22.1. The first-order valence-corrected chi connectivity index (χ1v) is 14.1. The van der Waals surface area contributed by atoms with Gasteiger partial charge in [0.2, 0.25) is 0 Å². The van der Waals surface area contributed by atoms with E-state index in [1.165, 1.54) is 38.5 Å². The molecule has 2 fully saturated rings.